The van der Waals surface area contributed by atoms with Gasteiger partial charge in [0.2, 0.25) is 0 Å². The molecule has 0 fully saturated rings. The number of hydrogen-bond acceptors (Lipinski definition) is 3. The van der Waals surface area contributed by atoms with Crippen LogP contribution in [0.1, 0.15) is 12.5 Å². The summed E-state index contributed by atoms with van der Waals surface area (Å²) < 4.78 is 0. The Hall–Kier alpha value is -0.610. The van der Waals surface area contributed by atoms with Crippen molar-refractivity contribution in [1.82, 2.24) is 5.32 Å². The van der Waals surface area contributed by atoms with Crippen LogP contribution in [0.15, 0.2) is 24.3 Å². The van der Waals surface area contributed by atoms with E-state index in [1.54, 1.807) is 6.92 Å². The number of benzene rings is 1. The third-order valence-corrected chi connectivity index (χ3v) is 2.34. The van der Waals surface area contributed by atoms with Crippen LogP contribution in [-0.2, 0) is 6.54 Å². The molecule has 3 nitrogen and oxygen atoms in total. The number of hydrogen-bond donors (Lipinski definition) is 3. The van der Waals surface area contributed by atoms with E-state index < -0.39 is 5.60 Å². The molecule has 0 saturated heterocycles. The maximum absolute atomic E-state index is 9.51. The minimum absolute atomic E-state index is 0.249. The molecule has 0 heterocycles. The third kappa shape index (κ3) is 4.62. The molecule has 0 saturated carbocycles. The summed E-state index contributed by atoms with van der Waals surface area (Å²) >= 11 is 5.75. The lowest BCUT2D eigenvalue weighted by atomic mass is 10.1. The van der Waals surface area contributed by atoms with Gasteiger partial charge in [-0.1, -0.05) is 23.7 Å². The molecule has 4 heteroatoms. The summed E-state index contributed by atoms with van der Waals surface area (Å²) in [5.41, 5.74) is 0.0278. The van der Waals surface area contributed by atoms with Crippen LogP contribution >= 0.6 is 11.6 Å². The van der Waals surface area contributed by atoms with Crippen molar-refractivity contribution in [2.75, 3.05) is 13.2 Å². The molecular weight excluding hydrogens is 214 g/mol. The Bertz CT molecular complexity index is 298. The topological polar surface area (TPSA) is 52.5 Å². The Labute approximate surface area is 94.7 Å². The molecular formula is C11H16ClNO2. The summed E-state index contributed by atoms with van der Waals surface area (Å²) in [7, 11) is 0. The lowest BCUT2D eigenvalue weighted by molar-refractivity contribution is 0.00254. The van der Waals surface area contributed by atoms with Crippen LogP contribution < -0.4 is 5.32 Å². The monoisotopic (exact) mass is 229 g/mol. The lowest BCUT2D eigenvalue weighted by Gasteiger charge is -2.20. The molecule has 0 bridgehead atoms. The molecule has 84 valence electrons. The Kier molecular flexibility index (Phi) is 4.54. The van der Waals surface area contributed by atoms with E-state index in [4.69, 9.17) is 16.7 Å². The van der Waals surface area contributed by atoms with E-state index in [0.717, 1.165) is 5.56 Å². The fraction of sp³-hybridized carbons (Fsp3) is 0.455. The predicted molar refractivity (Wildman–Crippen MR) is 60.9 cm³/mol. The molecule has 1 atom stereocenters. The van der Waals surface area contributed by atoms with Gasteiger partial charge in [-0.2, -0.15) is 0 Å². The summed E-state index contributed by atoms with van der Waals surface area (Å²) in [5.74, 6) is 0. The van der Waals surface area contributed by atoms with Crippen molar-refractivity contribution in [2.24, 2.45) is 0 Å². The summed E-state index contributed by atoms with van der Waals surface area (Å²) in [4.78, 5) is 0. The highest BCUT2D eigenvalue weighted by molar-refractivity contribution is 6.30. The molecule has 15 heavy (non-hydrogen) atoms. The van der Waals surface area contributed by atoms with Crippen LogP contribution in [0, 0.1) is 0 Å². The van der Waals surface area contributed by atoms with Crippen molar-refractivity contribution in [3.05, 3.63) is 34.9 Å². The molecule has 0 aliphatic rings. The SMILES string of the molecule is CC(O)(CO)CNCc1ccc(Cl)cc1. The Morgan fingerprint density at radius 2 is 1.93 bits per heavy atom. The van der Waals surface area contributed by atoms with Gasteiger partial charge in [0.15, 0.2) is 0 Å². The van der Waals surface area contributed by atoms with Gasteiger partial charge in [0, 0.05) is 18.1 Å². The fourth-order valence-electron chi connectivity index (χ4n) is 1.13. The highest BCUT2D eigenvalue weighted by atomic mass is 35.5. The fourth-order valence-corrected chi connectivity index (χ4v) is 1.26. The van der Waals surface area contributed by atoms with Crippen molar-refractivity contribution in [2.45, 2.75) is 19.1 Å². The first-order valence-electron chi connectivity index (χ1n) is 4.82. The predicted octanol–water partition coefficient (Wildman–Crippen LogP) is 1.17. The van der Waals surface area contributed by atoms with E-state index in [0.29, 0.717) is 18.1 Å². The van der Waals surface area contributed by atoms with Crippen molar-refractivity contribution < 1.29 is 10.2 Å². The molecule has 3 N–H and O–H groups in total. The van der Waals surface area contributed by atoms with E-state index in [1.165, 1.54) is 0 Å². The maximum Gasteiger partial charge on any atom is 0.0972 e. The number of nitrogens with one attached hydrogen (secondary N) is 1. The number of aliphatic hydroxyl groups is 2. The summed E-state index contributed by atoms with van der Waals surface area (Å²) in [6, 6.07) is 7.48. The lowest BCUT2D eigenvalue weighted by Crippen LogP contribution is -2.40. The second-order valence-electron chi connectivity index (χ2n) is 3.89. The van der Waals surface area contributed by atoms with E-state index in [-0.39, 0.29) is 6.61 Å². The minimum Gasteiger partial charge on any atom is -0.393 e. The van der Waals surface area contributed by atoms with Crippen LogP contribution in [0.4, 0.5) is 0 Å². The van der Waals surface area contributed by atoms with E-state index in [1.807, 2.05) is 24.3 Å². The van der Waals surface area contributed by atoms with Gasteiger partial charge in [0.05, 0.1) is 12.2 Å². The first kappa shape index (κ1) is 12.5. The van der Waals surface area contributed by atoms with Crippen molar-refractivity contribution in [1.29, 1.82) is 0 Å². The van der Waals surface area contributed by atoms with Gasteiger partial charge < -0.3 is 15.5 Å². The van der Waals surface area contributed by atoms with Crippen LogP contribution in [0.5, 0.6) is 0 Å². The van der Waals surface area contributed by atoms with Gasteiger partial charge in [-0.25, -0.2) is 0 Å². The quantitative estimate of drug-likeness (QED) is 0.711. The van der Waals surface area contributed by atoms with E-state index in [2.05, 4.69) is 5.32 Å². The zero-order valence-electron chi connectivity index (χ0n) is 8.70. The zero-order valence-corrected chi connectivity index (χ0v) is 9.46. The smallest absolute Gasteiger partial charge is 0.0972 e. The standard InChI is InChI=1S/C11H16ClNO2/c1-11(15,8-14)7-13-6-9-2-4-10(12)5-3-9/h2-5,13-15H,6-8H2,1H3. The van der Waals surface area contributed by atoms with Crippen molar-refractivity contribution in [3.63, 3.8) is 0 Å². The van der Waals surface area contributed by atoms with Gasteiger partial charge in [-0.05, 0) is 24.6 Å². The van der Waals surface area contributed by atoms with Gasteiger partial charge >= 0.3 is 0 Å². The molecule has 0 spiro atoms. The molecule has 1 unspecified atom stereocenters. The molecule has 1 rings (SSSR count). The largest absolute Gasteiger partial charge is 0.393 e. The molecule has 1 aromatic carbocycles. The van der Waals surface area contributed by atoms with Gasteiger partial charge in [-0.15, -0.1) is 0 Å². The van der Waals surface area contributed by atoms with E-state index >= 15 is 0 Å². The molecule has 0 amide bonds. The van der Waals surface area contributed by atoms with Crippen LogP contribution in [0.25, 0.3) is 0 Å². The molecule has 0 aromatic heterocycles. The van der Waals surface area contributed by atoms with Gasteiger partial charge in [0.1, 0.15) is 0 Å². The van der Waals surface area contributed by atoms with E-state index in [9.17, 15) is 5.11 Å². The zero-order chi connectivity index (χ0) is 11.3. The number of aliphatic hydroxyl groups excluding tert-OH is 1. The normalized spacial score (nSPS) is 14.9. The van der Waals surface area contributed by atoms with Crippen LogP contribution in [0.3, 0.4) is 0 Å². The second kappa shape index (κ2) is 5.47. The van der Waals surface area contributed by atoms with Crippen LogP contribution in [-0.4, -0.2) is 29.0 Å². The van der Waals surface area contributed by atoms with Gasteiger partial charge in [-0.3, -0.25) is 0 Å². The van der Waals surface area contributed by atoms with Gasteiger partial charge in [0.25, 0.3) is 0 Å². The Balaban J connectivity index is 2.35. The number of rotatable bonds is 5. The summed E-state index contributed by atoms with van der Waals surface area (Å²) in [5, 5.41) is 22.1. The Morgan fingerprint density at radius 1 is 1.33 bits per heavy atom. The first-order chi connectivity index (χ1) is 7.03. The maximum atomic E-state index is 9.51. The average Bonchev–Trinajstić information content (AvgIpc) is 2.21. The molecule has 0 radical (unpaired) electrons. The highest BCUT2D eigenvalue weighted by Crippen LogP contribution is 2.09. The number of halogens is 1. The molecule has 1 aromatic rings. The summed E-state index contributed by atoms with van der Waals surface area (Å²) in [6.45, 7) is 2.34. The van der Waals surface area contributed by atoms with Crippen LogP contribution in [0.2, 0.25) is 5.02 Å². The highest BCUT2D eigenvalue weighted by Gasteiger charge is 2.17. The molecule has 0 aliphatic carbocycles. The van der Waals surface area contributed by atoms with Crippen molar-refractivity contribution in [3.8, 4) is 0 Å². The average molecular weight is 230 g/mol. The second-order valence-corrected chi connectivity index (χ2v) is 4.32. The molecule has 0 aliphatic heterocycles. The van der Waals surface area contributed by atoms with Crippen molar-refractivity contribution >= 4 is 11.6 Å². The first-order valence-corrected chi connectivity index (χ1v) is 5.20. The minimum atomic E-state index is -1.06. The Morgan fingerprint density at radius 3 is 2.47 bits per heavy atom. The third-order valence-electron chi connectivity index (χ3n) is 2.09. The summed E-state index contributed by atoms with van der Waals surface area (Å²) in [6.07, 6.45) is 0.